The Bertz CT molecular complexity index is 774. The highest BCUT2D eigenvalue weighted by atomic mass is 32.1. The van der Waals surface area contributed by atoms with Crippen molar-refractivity contribution in [1.29, 1.82) is 0 Å². The van der Waals surface area contributed by atoms with Crippen molar-refractivity contribution in [3.8, 4) is 5.75 Å². The van der Waals surface area contributed by atoms with E-state index in [-0.39, 0.29) is 0 Å². The lowest BCUT2D eigenvalue weighted by molar-refractivity contribution is 0.415. The highest BCUT2D eigenvalue weighted by molar-refractivity contribution is 7.71. The Labute approximate surface area is 122 Å². The molecule has 3 aromatic rings. The Morgan fingerprint density at radius 1 is 1.15 bits per heavy atom. The maximum atomic E-state index is 5.36. The molecule has 20 heavy (non-hydrogen) atoms. The fraction of sp³-hybridized carbons (Fsp3) is 0.133. The predicted octanol–water partition coefficient (Wildman–Crippen LogP) is 3.78. The number of para-hydroxylation sites is 2. The number of aromatic nitrogens is 2. The zero-order valence-corrected chi connectivity index (χ0v) is 11.9. The quantitative estimate of drug-likeness (QED) is 0.717. The summed E-state index contributed by atoms with van der Waals surface area (Å²) in [5.41, 5.74) is 3.17. The van der Waals surface area contributed by atoms with E-state index < -0.39 is 0 Å². The Kier molecular flexibility index (Phi) is 3.43. The molecular formula is C15H15N3OS. The van der Waals surface area contributed by atoms with Crippen LogP contribution in [0.2, 0.25) is 0 Å². The molecule has 0 atom stereocenters. The summed E-state index contributed by atoms with van der Waals surface area (Å²) < 4.78 is 7.89. The van der Waals surface area contributed by atoms with Gasteiger partial charge in [0.05, 0.1) is 24.8 Å². The molecule has 4 nitrogen and oxygen atoms in total. The molecule has 0 unspecified atom stereocenters. The molecule has 0 bridgehead atoms. The van der Waals surface area contributed by atoms with E-state index in [1.807, 2.05) is 47.0 Å². The average Bonchev–Trinajstić information content (AvgIpc) is 2.81. The lowest BCUT2D eigenvalue weighted by atomic mass is 10.3. The van der Waals surface area contributed by atoms with Gasteiger partial charge in [-0.3, -0.25) is 4.57 Å². The Hall–Kier alpha value is -2.27. The topological polar surface area (TPSA) is 42.0 Å². The van der Waals surface area contributed by atoms with Crippen LogP contribution in [0.15, 0.2) is 48.5 Å². The van der Waals surface area contributed by atoms with E-state index in [0.29, 0.717) is 11.4 Å². The van der Waals surface area contributed by atoms with Gasteiger partial charge in [-0.1, -0.05) is 12.1 Å². The van der Waals surface area contributed by atoms with Crippen LogP contribution >= 0.6 is 12.2 Å². The molecule has 102 valence electrons. The van der Waals surface area contributed by atoms with Crippen LogP contribution in [-0.2, 0) is 6.67 Å². The van der Waals surface area contributed by atoms with E-state index >= 15 is 0 Å². The summed E-state index contributed by atoms with van der Waals surface area (Å²) >= 11 is 5.36. The summed E-state index contributed by atoms with van der Waals surface area (Å²) in [7, 11) is 1.66. The van der Waals surface area contributed by atoms with Gasteiger partial charge in [0.15, 0.2) is 4.77 Å². The number of hydrogen-bond acceptors (Lipinski definition) is 3. The number of methoxy groups -OCH3 is 1. The van der Waals surface area contributed by atoms with Gasteiger partial charge in [-0.05, 0) is 48.6 Å². The van der Waals surface area contributed by atoms with E-state index in [2.05, 4.69) is 16.4 Å². The van der Waals surface area contributed by atoms with E-state index in [9.17, 15) is 0 Å². The molecule has 0 spiro atoms. The zero-order valence-electron chi connectivity index (χ0n) is 11.1. The van der Waals surface area contributed by atoms with Gasteiger partial charge in [-0.25, -0.2) is 0 Å². The smallest absolute Gasteiger partial charge is 0.179 e. The van der Waals surface area contributed by atoms with Crippen molar-refractivity contribution >= 4 is 28.9 Å². The number of ether oxygens (including phenoxy) is 1. The molecule has 0 aliphatic rings. The van der Waals surface area contributed by atoms with E-state index in [4.69, 9.17) is 17.0 Å². The number of nitrogens with one attached hydrogen (secondary N) is 2. The van der Waals surface area contributed by atoms with Crippen LogP contribution in [0.5, 0.6) is 5.75 Å². The number of benzene rings is 2. The highest BCUT2D eigenvalue weighted by Crippen LogP contribution is 2.17. The first-order valence-electron chi connectivity index (χ1n) is 6.33. The molecule has 1 aromatic heterocycles. The van der Waals surface area contributed by atoms with Crippen LogP contribution in [0.4, 0.5) is 5.69 Å². The Balaban J connectivity index is 1.82. The number of nitrogens with zero attached hydrogens (tertiary/aromatic N) is 1. The van der Waals surface area contributed by atoms with Crippen LogP contribution < -0.4 is 10.1 Å². The molecular weight excluding hydrogens is 270 g/mol. The molecule has 0 saturated heterocycles. The second-order valence-corrected chi connectivity index (χ2v) is 4.83. The normalized spacial score (nSPS) is 10.7. The summed E-state index contributed by atoms with van der Waals surface area (Å²) in [6.45, 7) is 0.620. The van der Waals surface area contributed by atoms with E-state index in [1.54, 1.807) is 7.11 Å². The van der Waals surface area contributed by atoms with Crippen molar-refractivity contribution in [1.82, 2.24) is 9.55 Å². The predicted molar refractivity (Wildman–Crippen MR) is 83.7 cm³/mol. The van der Waals surface area contributed by atoms with Gasteiger partial charge >= 0.3 is 0 Å². The number of hydrogen-bond donors (Lipinski definition) is 2. The maximum absolute atomic E-state index is 5.36. The minimum absolute atomic E-state index is 0.620. The van der Waals surface area contributed by atoms with Crippen LogP contribution in [0.3, 0.4) is 0 Å². The van der Waals surface area contributed by atoms with Crippen molar-refractivity contribution in [2.45, 2.75) is 6.67 Å². The number of imidazole rings is 1. The summed E-state index contributed by atoms with van der Waals surface area (Å²) in [6, 6.07) is 15.9. The number of rotatable bonds is 4. The van der Waals surface area contributed by atoms with Gasteiger partial charge in [0, 0.05) is 5.69 Å². The van der Waals surface area contributed by atoms with Gasteiger partial charge in [0.2, 0.25) is 0 Å². The Morgan fingerprint density at radius 3 is 2.65 bits per heavy atom. The molecule has 2 N–H and O–H groups in total. The first kappa shape index (κ1) is 12.7. The zero-order chi connectivity index (χ0) is 13.9. The van der Waals surface area contributed by atoms with Gasteiger partial charge in [-0.15, -0.1) is 0 Å². The number of fused-ring (bicyclic) bond motifs is 1. The van der Waals surface area contributed by atoms with Gasteiger partial charge < -0.3 is 15.0 Å². The maximum Gasteiger partial charge on any atom is 0.179 e. The Morgan fingerprint density at radius 2 is 1.90 bits per heavy atom. The van der Waals surface area contributed by atoms with Crippen molar-refractivity contribution in [2.75, 3.05) is 12.4 Å². The van der Waals surface area contributed by atoms with E-state index in [1.165, 1.54) is 0 Å². The SMILES string of the molecule is COc1ccc(NCn2c(=S)[nH]c3ccccc32)cc1. The summed E-state index contributed by atoms with van der Waals surface area (Å²) in [5, 5.41) is 3.35. The van der Waals surface area contributed by atoms with Crippen molar-refractivity contribution in [3.63, 3.8) is 0 Å². The third-order valence-electron chi connectivity index (χ3n) is 3.21. The van der Waals surface area contributed by atoms with E-state index in [0.717, 1.165) is 22.5 Å². The van der Waals surface area contributed by atoms with Crippen molar-refractivity contribution in [2.24, 2.45) is 0 Å². The second kappa shape index (κ2) is 5.38. The van der Waals surface area contributed by atoms with Crippen LogP contribution in [-0.4, -0.2) is 16.7 Å². The van der Waals surface area contributed by atoms with Crippen LogP contribution in [0, 0.1) is 4.77 Å². The first-order chi connectivity index (χ1) is 9.78. The molecule has 1 heterocycles. The van der Waals surface area contributed by atoms with Crippen LogP contribution in [0.25, 0.3) is 11.0 Å². The van der Waals surface area contributed by atoms with Crippen molar-refractivity contribution < 1.29 is 4.74 Å². The molecule has 2 aromatic carbocycles. The third-order valence-corrected chi connectivity index (χ3v) is 3.54. The molecule has 0 radical (unpaired) electrons. The number of anilines is 1. The molecule has 0 amide bonds. The minimum atomic E-state index is 0.620. The lowest BCUT2D eigenvalue weighted by Gasteiger charge is -2.09. The summed E-state index contributed by atoms with van der Waals surface area (Å²) in [6.07, 6.45) is 0. The number of aromatic amines is 1. The minimum Gasteiger partial charge on any atom is -0.497 e. The molecule has 0 aliphatic carbocycles. The molecule has 0 aliphatic heterocycles. The third kappa shape index (κ3) is 2.40. The second-order valence-electron chi connectivity index (χ2n) is 4.44. The molecule has 3 rings (SSSR count). The summed E-state index contributed by atoms with van der Waals surface area (Å²) in [5.74, 6) is 0.847. The molecule has 0 saturated carbocycles. The largest absolute Gasteiger partial charge is 0.497 e. The monoisotopic (exact) mass is 285 g/mol. The fourth-order valence-corrected chi connectivity index (χ4v) is 2.42. The first-order valence-corrected chi connectivity index (χ1v) is 6.74. The molecule has 5 heteroatoms. The molecule has 0 fully saturated rings. The van der Waals surface area contributed by atoms with Gasteiger partial charge in [0.1, 0.15) is 5.75 Å². The van der Waals surface area contributed by atoms with Crippen molar-refractivity contribution in [3.05, 3.63) is 53.3 Å². The average molecular weight is 285 g/mol. The number of H-pyrrole nitrogens is 1. The van der Waals surface area contributed by atoms with Gasteiger partial charge in [-0.2, -0.15) is 0 Å². The van der Waals surface area contributed by atoms with Gasteiger partial charge in [0.25, 0.3) is 0 Å². The summed E-state index contributed by atoms with van der Waals surface area (Å²) in [4.78, 5) is 3.20. The van der Waals surface area contributed by atoms with Crippen LogP contribution in [0.1, 0.15) is 0 Å². The highest BCUT2D eigenvalue weighted by Gasteiger charge is 2.02. The standard InChI is InChI=1S/C15H15N3OS/c1-19-12-8-6-11(7-9-12)16-10-18-14-5-3-2-4-13(14)17-15(18)20/h2-9,16H,10H2,1H3,(H,17,20). The fourth-order valence-electron chi connectivity index (χ4n) is 2.14. The lowest BCUT2D eigenvalue weighted by Crippen LogP contribution is -2.07.